The van der Waals surface area contributed by atoms with Crippen molar-refractivity contribution in [2.75, 3.05) is 31.3 Å². The molecule has 10 heteroatoms. The van der Waals surface area contributed by atoms with Gasteiger partial charge in [-0.2, -0.15) is 0 Å². The molecule has 2 heterocycles. The quantitative estimate of drug-likeness (QED) is 0.606. The molecule has 3 aromatic rings. The zero-order valence-corrected chi connectivity index (χ0v) is 16.5. The minimum Gasteiger partial charge on any atom is -0.459 e. The van der Waals surface area contributed by atoms with Gasteiger partial charge in [-0.3, -0.25) is 23.9 Å². The minimum absolute atomic E-state index is 0.0849. The van der Waals surface area contributed by atoms with Crippen molar-refractivity contribution in [3.63, 3.8) is 0 Å². The zero-order chi connectivity index (χ0) is 21.8. The zero-order valence-electron chi connectivity index (χ0n) is 16.5. The van der Waals surface area contributed by atoms with Crippen LogP contribution in [0.1, 0.15) is 16.1 Å². The number of furan rings is 1. The topological polar surface area (TPSA) is 135 Å². The van der Waals surface area contributed by atoms with E-state index in [1.54, 1.807) is 18.2 Å². The van der Waals surface area contributed by atoms with Gasteiger partial charge < -0.3 is 20.0 Å². The van der Waals surface area contributed by atoms with E-state index in [9.17, 15) is 19.2 Å². The third kappa shape index (κ3) is 4.17. The van der Waals surface area contributed by atoms with Gasteiger partial charge in [-0.1, -0.05) is 30.3 Å². The standard InChI is InChI=1S/C20H21N5O5/c1-23(19(28)14-9-6-10-30-14)12-15(26)24(2)16-17(21)25(20(29)22-18(16)27)11-13-7-4-3-5-8-13/h3-10H,11-12,21H2,1-2H3,(H,22,27,29). The van der Waals surface area contributed by atoms with Crippen LogP contribution in [0, 0.1) is 0 Å². The second-order valence-corrected chi connectivity index (χ2v) is 6.66. The molecular weight excluding hydrogens is 390 g/mol. The fraction of sp³-hybridized carbons (Fsp3) is 0.200. The molecule has 2 amide bonds. The number of nitrogens with one attached hydrogen (secondary N) is 1. The molecule has 2 aromatic heterocycles. The first-order chi connectivity index (χ1) is 14.3. The Morgan fingerprint density at radius 2 is 1.80 bits per heavy atom. The number of rotatable bonds is 6. The lowest BCUT2D eigenvalue weighted by atomic mass is 10.2. The number of carbonyl (C=O) groups is 2. The van der Waals surface area contributed by atoms with Crippen LogP contribution in [-0.4, -0.2) is 46.9 Å². The van der Waals surface area contributed by atoms with Gasteiger partial charge in [0.05, 0.1) is 12.8 Å². The number of nitrogen functional groups attached to an aromatic ring is 1. The van der Waals surface area contributed by atoms with Gasteiger partial charge >= 0.3 is 5.69 Å². The maximum atomic E-state index is 12.7. The first-order valence-corrected chi connectivity index (χ1v) is 9.01. The second kappa shape index (κ2) is 8.52. The van der Waals surface area contributed by atoms with E-state index in [4.69, 9.17) is 10.2 Å². The Kier molecular flexibility index (Phi) is 5.86. The second-order valence-electron chi connectivity index (χ2n) is 6.66. The summed E-state index contributed by atoms with van der Waals surface area (Å²) in [5, 5.41) is 0. The Bertz CT molecular complexity index is 1160. The van der Waals surface area contributed by atoms with Gasteiger partial charge in [-0.05, 0) is 17.7 Å². The third-order valence-electron chi connectivity index (χ3n) is 4.56. The highest BCUT2D eigenvalue weighted by atomic mass is 16.3. The normalized spacial score (nSPS) is 10.6. The van der Waals surface area contributed by atoms with Crippen molar-refractivity contribution in [2.45, 2.75) is 6.54 Å². The maximum absolute atomic E-state index is 12.7. The number of nitrogens with two attached hydrogens (primary N) is 1. The summed E-state index contributed by atoms with van der Waals surface area (Å²) in [7, 11) is 2.78. The molecular formula is C20H21N5O5. The highest BCUT2D eigenvalue weighted by Gasteiger charge is 2.24. The molecule has 1 aromatic carbocycles. The lowest BCUT2D eigenvalue weighted by Crippen LogP contribution is -2.43. The van der Waals surface area contributed by atoms with Crippen LogP contribution in [0.5, 0.6) is 0 Å². The number of benzene rings is 1. The van der Waals surface area contributed by atoms with Gasteiger partial charge in [0, 0.05) is 14.1 Å². The number of hydrogen-bond donors (Lipinski definition) is 2. The van der Waals surface area contributed by atoms with Crippen LogP contribution in [0.25, 0.3) is 0 Å². The SMILES string of the molecule is CN(CC(=O)N(C)c1c(N)n(Cc2ccccc2)c(=O)[nH]c1=O)C(=O)c1ccco1. The summed E-state index contributed by atoms with van der Waals surface area (Å²) in [4.78, 5) is 54.0. The van der Waals surface area contributed by atoms with Gasteiger partial charge in [0.1, 0.15) is 12.4 Å². The molecule has 156 valence electrons. The Morgan fingerprint density at radius 1 is 1.10 bits per heavy atom. The van der Waals surface area contributed by atoms with Gasteiger partial charge in [0.25, 0.3) is 11.5 Å². The molecule has 0 aliphatic rings. The minimum atomic E-state index is -0.794. The monoisotopic (exact) mass is 411 g/mol. The fourth-order valence-electron chi connectivity index (χ4n) is 2.92. The molecule has 30 heavy (non-hydrogen) atoms. The molecule has 0 saturated carbocycles. The van der Waals surface area contributed by atoms with Crippen LogP contribution < -0.4 is 21.9 Å². The predicted molar refractivity (Wildman–Crippen MR) is 110 cm³/mol. The van der Waals surface area contributed by atoms with E-state index < -0.39 is 23.1 Å². The van der Waals surface area contributed by atoms with Crippen molar-refractivity contribution in [1.29, 1.82) is 0 Å². The summed E-state index contributed by atoms with van der Waals surface area (Å²) in [6.45, 7) is -0.207. The Balaban J connectivity index is 1.86. The lowest BCUT2D eigenvalue weighted by molar-refractivity contribution is -0.118. The van der Waals surface area contributed by atoms with Crippen LogP contribution >= 0.6 is 0 Å². The van der Waals surface area contributed by atoms with Crippen molar-refractivity contribution >= 4 is 23.3 Å². The van der Waals surface area contributed by atoms with Crippen LogP contribution in [0.15, 0.2) is 62.7 Å². The van der Waals surface area contributed by atoms with Crippen molar-refractivity contribution < 1.29 is 14.0 Å². The highest BCUT2D eigenvalue weighted by Crippen LogP contribution is 2.17. The number of nitrogens with zero attached hydrogens (tertiary/aromatic N) is 3. The first kappa shape index (κ1) is 20.6. The van der Waals surface area contributed by atoms with Gasteiger partial charge in [-0.15, -0.1) is 0 Å². The molecule has 0 saturated heterocycles. The largest absolute Gasteiger partial charge is 0.459 e. The molecule has 0 aliphatic carbocycles. The van der Waals surface area contributed by atoms with E-state index in [0.29, 0.717) is 0 Å². The van der Waals surface area contributed by atoms with Crippen LogP contribution in [0.4, 0.5) is 11.5 Å². The maximum Gasteiger partial charge on any atom is 0.330 e. The molecule has 3 N–H and O–H groups in total. The molecule has 0 aliphatic heterocycles. The van der Waals surface area contributed by atoms with Crippen molar-refractivity contribution in [2.24, 2.45) is 0 Å². The average Bonchev–Trinajstić information content (AvgIpc) is 3.25. The highest BCUT2D eigenvalue weighted by molar-refractivity contribution is 6.00. The number of hydrogen-bond acceptors (Lipinski definition) is 6. The number of H-pyrrole nitrogens is 1. The Morgan fingerprint density at radius 3 is 2.43 bits per heavy atom. The number of carbonyl (C=O) groups excluding carboxylic acids is 2. The molecule has 0 atom stereocenters. The Hall–Kier alpha value is -4.08. The van der Waals surface area contributed by atoms with E-state index in [-0.39, 0.29) is 30.4 Å². The fourth-order valence-corrected chi connectivity index (χ4v) is 2.92. The Labute approximate surface area is 171 Å². The van der Waals surface area contributed by atoms with Crippen molar-refractivity contribution in [1.82, 2.24) is 14.5 Å². The van der Waals surface area contributed by atoms with Gasteiger partial charge in [-0.25, -0.2) is 4.79 Å². The van der Waals surface area contributed by atoms with Gasteiger partial charge in [0.2, 0.25) is 5.91 Å². The molecule has 0 bridgehead atoms. The third-order valence-corrected chi connectivity index (χ3v) is 4.56. The van der Waals surface area contributed by atoms with Gasteiger partial charge in [0.15, 0.2) is 11.4 Å². The van der Waals surface area contributed by atoms with Crippen molar-refractivity contribution in [3.8, 4) is 0 Å². The summed E-state index contributed by atoms with van der Waals surface area (Å²) >= 11 is 0. The number of likely N-dealkylation sites (N-methyl/N-ethyl adjacent to an activating group) is 2. The van der Waals surface area contributed by atoms with E-state index >= 15 is 0 Å². The smallest absolute Gasteiger partial charge is 0.330 e. The van der Waals surface area contributed by atoms with Crippen LogP contribution in [0.2, 0.25) is 0 Å². The van der Waals surface area contributed by atoms with E-state index in [1.807, 2.05) is 18.2 Å². The van der Waals surface area contributed by atoms with E-state index in [1.165, 1.54) is 31.0 Å². The molecule has 0 unspecified atom stereocenters. The van der Waals surface area contributed by atoms with Crippen LogP contribution in [-0.2, 0) is 11.3 Å². The predicted octanol–water partition coefficient (Wildman–Crippen LogP) is 0.495. The molecule has 0 fully saturated rings. The number of aromatic nitrogens is 2. The summed E-state index contributed by atoms with van der Waals surface area (Å²) in [5.74, 6) is -1.12. The number of aromatic amines is 1. The summed E-state index contributed by atoms with van der Waals surface area (Å²) in [6.07, 6.45) is 1.35. The summed E-state index contributed by atoms with van der Waals surface area (Å²) in [6, 6.07) is 12.1. The van der Waals surface area contributed by atoms with E-state index in [0.717, 1.165) is 15.4 Å². The number of anilines is 2. The van der Waals surface area contributed by atoms with Crippen molar-refractivity contribution in [3.05, 3.63) is 80.9 Å². The molecule has 0 spiro atoms. The van der Waals surface area contributed by atoms with Crippen LogP contribution in [0.3, 0.4) is 0 Å². The first-order valence-electron chi connectivity index (χ1n) is 9.01. The molecule has 0 radical (unpaired) electrons. The summed E-state index contributed by atoms with van der Waals surface area (Å²) in [5.41, 5.74) is 5.24. The number of amides is 2. The summed E-state index contributed by atoms with van der Waals surface area (Å²) < 4.78 is 6.21. The average molecular weight is 411 g/mol. The van der Waals surface area contributed by atoms with E-state index in [2.05, 4.69) is 4.98 Å². The molecule has 10 nitrogen and oxygen atoms in total. The lowest BCUT2D eigenvalue weighted by Gasteiger charge is -2.23. The molecule has 3 rings (SSSR count).